The van der Waals surface area contributed by atoms with Gasteiger partial charge in [0.1, 0.15) is 17.4 Å². The maximum atomic E-state index is 15.0. The van der Waals surface area contributed by atoms with Gasteiger partial charge in [-0.1, -0.05) is 31.2 Å². The third-order valence-electron chi connectivity index (χ3n) is 6.72. The van der Waals surface area contributed by atoms with Gasteiger partial charge in [-0.15, -0.1) is 0 Å². The van der Waals surface area contributed by atoms with Gasteiger partial charge in [0.05, 0.1) is 12.8 Å². The Morgan fingerprint density at radius 2 is 1.85 bits per heavy atom. The molecule has 3 heterocycles. The summed E-state index contributed by atoms with van der Waals surface area (Å²) in [5.41, 5.74) is 4.05. The summed E-state index contributed by atoms with van der Waals surface area (Å²) < 4.78 is 35.3. The Balaban J connectivity index is 1.53. The van der Waals surface area contributed by atoms with Crippen LogP contribution in [0.25, 0.3) is 5.57 Å². The molecule has 9 heteroatoms. The molecular formula is C30H29F2N5O2. The Morgan fingerprint density at radius 3 is 2.56 bits per heavy atom. The van der Waals surface area contributed by atoms with Crippen molar-refractivity contribution in [1.29, 1.82) is 0 Å². The van der Waals surface area contributed by atoms with Gasteiger partial charge in [0.25, 0.3) is 0 Å². The fraction of sp³-hybridized carbons (Fsp3) is 0.233. The molecule has 0 saturated heterocycles. The minimum absolute atomic E-state index is 0.0244. The van der Waals surface area contributed by atoms with Crippen molar-refractivity contribution in [3.05, 3.63) is 101 Å². The van der Waals surface area contributed by atoms with E-state index < -0.39 is 11.6 Å². The van der Waals surface area contributed by atoms with Crippen molar-refractivity contribution < 1.29 is 18.6 Å². The molecule has 0 saturated carbocycles. The molecule has 7 nitrogen and oxygen atoms in total. The topological polar surface area (TPSA) is 83.4 Å². The molecule has 1 unspecified atom stereocenters. The van der Waals surface area contributed by atoms with Crippen LogP contribution >= 0.6 is 0 Å². The van der Waals surface area contributed by atoms with E-state index in [0.29, 0.717) is 18.9 Å². The number of hydrogen-bond acceptors (Lipinski definition) is 7. The number of aryl methyl sites for hydroxylation is 1. The molecule has 2 aromatic carbocycles. The lowest BCUT2D eigenvalue weighted by Gasteiger charge is -2.37. The lowest BCUT2D eigenvalue weighted by atomic mass is 9.92. The molecule has 0 aliphatic carbocycles. The smallest absolute Gasteiger partial charge is 0.177 e. The molecule has 200 valence electrons. The van der Waals surface area contributed by atoms with Gasteiger partial charge in [-0.2, -0.15) is 0 Å². The van der Waals surface area contributed by atoms with Gasteiger partial charge in [-0.05, 0) is 38.0 Å². The predicted octanol–water partition coefficient (Wildman–Crippen LogP) is 6.54. The molecule has 2 aromatic heterocycles. The van der Waals surface area contributed by atoms with Crippen molar-refractivity contribution in [2.75, 3.05) is 16.8 Å². The van der Waals surface area contributed by atoms with Gasteiger partial charge in [0, 0.05) is 65.2 Å². The number of fused-ring (bicyclic) bond motifs is 1. The van der Waals surface area contributed by atoms with Crippen molar-refractivity contribution in [2.45, 2.75) is 39.8 Å². The molecule has 39 heavy (non-hydrogen) atoms. The second-order valence-electron chi connectivity index (χ2n) is 9.24. The van der Waals surface area contributed by atoms with Gasteiger partial charge in [-0.25, -0.2) is 18.7 Å². The second-order valence-corrected chi connectivity index (χ2v) is 9.24. The van der Waals surface area contributed by atoms with Gasteiger partial charge in [0.2, 0.25) is 0 Å². The summed E-state index contributed by atoms with van der Waals surface area (Å²) in [5.74, 6) is -0.531. The summed E-state index contributed by atoms with van der Waals surface area (Å²) in [6.07, 6.45) is 7.43. The fourth-order valence-electron chi connectivity index (χ4n) is 4.73. The van der Waals surface area contributed by atoms with Crippen molar-refractivity contribution >= 4 is 22.8 Å². The summed E-state index contributed by atoms with van der Waals surface area (Å²) in [7, 11) is 0. The molecular weight excluding hydrogens is 500 g/mol. The van der Waals surface area contributed by atoms with Crippen LogP contribution in [0.5, 0.6) is 11.5 Å². The average Bonchev–Trinajstić information content (AvgIpc) is 2.93. The van der Waals surface area contributed by atoms with E-state index in [4.69, 9.17) is 4.74 Å². The van der Waals surface area contributed by atoms with Gasteiger partial charge in [-0.3, -0.25) is 4.98 Å². The van der Waals surface area contributed by atoms with E-state index in [1.54, 1.807) is 25.4 Å². The van der Waals surface area contributed by atoms with E-state index >= 15 is 8.78 Å². The van der Waals surface area contributed by atoms with Gasteiger partial charge < -0.3 is 20.1 Å². The van der Waals surface area contributed by atoms with E-state index in [1.165, 1.54) is 18.3 Å². The number of aromatic hydroxyl groups is 1. The van der Waals surface area contributed by atoms with Crippen molar-refractivity contribution in [1.82, 2.24) is 15.0 Å². The molecule has 2 N–H and O–H groups in total. The molecule has 1 aliphatic rings. The van der Waals surface area contributed by atoms with Crippen LogP contribution in [0.4, 0.5) is 26.0 Å². The number of rotatable bonds is 8. The number of para-hydroxylation sites is 1. The van der Waals surface area contributed by atoms with Gasteiger partial charge in [0.15, 0.2) is 17.4 Å². The summed E-state index contributed by atoms with van der Waals surface area (Å²) in [6.45, 7) is 6.05. The zero-order valence-corrected chi connectivity index (χ0v) is 21.9. The number of nitrogens with one attached hydrogen (secondary N) is 1. The summed E-state index contributed by atoms with van der Waals surface area (Å²) >= 11 is 0. The second kappa shape index (κ2) is 11.1. The van der Waals surface area contributed by atoms with E-state index in [2.05, 4.69) is 20.3 Å². The molecule has 0 radical (unpaired) electrons. The average molecular weight is 530 g/mol. The molecule has 0 spiro atoms. The first kappa shape index (κ1) is 26.1. The van der Waals surface area contributed by atoms with E-state index in [0.717, 1.165) is 28.1 Å². The van der Waals surface area contributed by atoms with Crippen LogP contribution in [0.2, 0.25) is 0 Å². The monoisotopic (exact) mass is 529 g/mol. The first-order valence-corrected chi connectivity index (χ1v) is 12.8. The number of halogens is 2. The standard InChI is InChI=1S/C30H29F2N5O2/c1-4-19-12-22(29-34-16-28(38)30(36-29)35-26-10-11-33-15-18(26)3)21-8-6-7-9-27(21)37(19)17-23-24(31)13-20(39-5-2)14-25(23)32/h6-16,19,38H,4-5,17H2,1-3H3,(H,33,34,35,36). The molecule has 5 rings (SSSR count). The Morgan fingerprint density at radius 1 is 1.08 bits per heavy atom. The SMILES string of the molecule is CCOc1cc(F)c(CN2c3ccccc3C(c3ncc(O)c(Nc4ccncc4C)n3)=CC2CC)c(F)c1. The Bertz CT molecular complexity index is 1520. The zero-order valence-electron chi connectivity index (χ0n) is 21.9. The van der Waals surface area contributed by atoms with Crippen molar-refractivity contribution in [3.63, 3.8) is 0 Å². The van der Waals surface area contributed by atoms with Crippen molar-refractivity contribution in [2.24, 2.45) is 0 Å². The predicted molar refractivity (Wildman–Crippen MR) is 147 cm³/mol. The number of ether oxygens (including phenoxy) is 1. The highest BCUT2D eigenvalue weighted by molar-refractivity contribution is 5.88. The van der Waals surface area contributed by atoms with Crippen LogP contribution in [0.1, 0.15) is 42.8 Å². The normalized spacial score (nSPS) is 14.5. The molecule has 4 aromatic rings. The Labute approximate surface area is 225 Å². The quantitative estimate of drug-likeness (QED) is 0.268. The van der Waals surface area contributed by atoms with E-state index in [1.807, 2.05) is 49.1 Å². The minimum atomic E-state index is -0.649. The van der Waals surface area contributed by atoms with Crippen LogP contribution < -0.4 is 15.0 Å². The van der Waals surface area contributed by atoms with Crippen LogP contribution in [0, 0.1) is 18.6 Å². The van der Waals surface area contributed by atoms with Crippen LogP contribution in [-0.4, -0.2) is 32.7 Å². The number of hydrogen-bond donors (Lipinski definition) is 2. The van der Waals surface area contributed by atoms with E-state index in [9.17, 15) is 5.11 Å². The van der Waals surface area contributed by atoms with Gasteiger partial charge >= 0.3 is 0 Å². The largest absolute Gasteiger partial charge is 0.503 e. The molecule has 0 fully saturated rings. The highest BCUT2D eigenvalue weighted by atomic mass is 19.1. The van der Waals surface area contributed by atoms with Crippen LogP contribution in [0.3, 0.4) is 0 Å². The minimum Gasteiger partial charge on any atom is -0.503 e. The molecule has 1 atom stereocenters. The molecule has 1 aliphatic heterocycles. The first-order valence-electron chi connectivity index (χ1n) is 12.8. The number of aromatic nitrogens is 3. The zero-order chi connectivity index (χ0) is 27.5. The highest BCUT2D eigenvalue weighted by Crippen LogP contribution is 2.40. The maximum absolute atomic E-state index is 15.0. The number of pyridine rings is 1. The third kappa shape index (κ3) is 5.25. The van der Waals surface area contributed by atoms with Crippen LogP contribution in [0.15, 0.2) is 67.1 Å². The summed E-state index contributed by atoms with van der Waals surface area (Å²) in [4.78, 5) is 15.2. The van der Waals surface area contributed by atoms with Crippen molar-refractivity contribution in [3.8, 4) is 11.5 Å². The van der Waals surface area contributed by atoms with Crippen LogP contribution in [-0.2, 0) is 6.54 Å². The summed E-state index contributed by atoms with van der Waals surface area (Å²) in [6, 6.07) is 11.7. The lowest BCUT2D eigenvalue weighted by Crippen LogP contribution is -2.37. The number of benzene rings is 2. The Kier molecular flexibility index (Phi) is 7.40. The fourth-order valence-corrected chi connectivity index (χ4v) is 4.73. The molecule has 0 amide bonds. The Hall–Kier alpha value is -4.53. The lowest BCUT2D eigenvalue weighted by molar-refractivity contribution is 0.335. The third-order valence-corrected chi connectivity index (χ3v) is 6.72. The first-order chi connectivity index (χ1) is 18.9. The maximum Gasteiger partial charge on any atom is 0.177 e. The number of nitrogens with zero attached hydrogens (tertiary/aromatic N) is 4. The summed E-state index contributed by atoms with van der Waals surface area (Å²) in [5, 5.41) is 13.6. The highest BCUT2D eigenvalue weighted by Gasteiger charge is 2.29. The van der Waals surface area contributed by atoms with E-state index in [-0.39, 0.29) is 35.5 Å². The number of anilines is 3. The molecule has 0 bridgehead atoms.